The number of nitrogens with zero attached hydrogens (tertiary/aromatic N) is 3. The SMILES string of the molecule is CC(=O)OC(C=O)C1CC(OC(C)=O)C(n2cnc3c(=S)nc[nH]c32)O1. The molecule has 0 aliphatic carbocycles. The number of ether oxygens (including phenoxy) is 3. The second-order valence-electron chi connectivity index (χ2n) is 5.72. The van der Waals surface area contributed by atoms with E-state index in [4.69, 9.17) is 26.4 Å². The van der Waals surface area contributed by atoms with Crippen molar-refractivity contribution in [3.8, 4) is 0 Å². The molecule has 1 aliphatic heterocycles. The average Bonchev–Trinajstić information content (AvgIpc) is 3.16. The lowest BCUT2D eigenvalue weighted by molar-refractivity contribution is -0.160. The first-order valence-corrected chi connectivity index (χ1v) is 8.17. The number of aldehydes is 1. The molecule has 138 valence electrons. The summed E-state index contributed by atoms with van der Waals surface area (Å²) in [5.74, 6) is -1.11. The summed E-state index contributed by atoms with van der Waals surface area (Å²) in [4.78, 5) is 45.0. The molecular formula is C15H16N4O6S. The number of aromatic nitrogens is 4. The Bertz CT molecular complexity index is 909. The molecule has 1 aliphatic rings. The van der Waals surface area contributed by atoms with E-state index in [1.165, 1.54) is 26.5 Å². The molecule has 4 atom stereocenters. The molecule has 0 bridgehead atoms. The Morgan fingerprint density at radius 2 is 2.19 bits per heavy atom. The van der Waals surface area contributed by atoms with E-state index in [2.05, 4.69) is 15.0 Å². The predicted octanol–water partition coefficient (Wildman–Crippen LogP) is 0.839. The van der Waals surface area contributed by atoms with Gasteiger partial charge in [-0.15, -0.1) is 0 Å². The van der Waals surface area contributed by atoms with Gasteiger partial charge < -0.3 is 19.2 Å². The number of fused-ring (bicyclic) bond motifs is 1. The maximum absolute atomic E-state index is 11.5. The summed E-state index contributed by atoms with van der Waals surface area (Å²) < 4.78 is 18.1. The maximum Gasteiger partial charge on any atom is 0.303 e. The lowest BCUT2D eigenvalue weighted by Crippen LogP contribution is -2.32. The fraction of sp³-hybridized carbons (Fsp3) is 0.467. The monoisotopic (exact) mass is 380 g/mol. The number of esters is 2. The van der Waals surface area contributed by atoms with Crippen LogP contribution >= 0.6 is 12.2 Å². The smallest absolute Gasteiger partial charge is 0.303 e. The average molecular weight is 380 g/mol. The first-order valence-electron chi connectivity index (χ1n) is 7.76. The van der Waals surface area contributed by atoms with Gasteiger partial charge in [0.15, 0.2) is 23.3 Å². The van der Waals surface area contributed by atoms with E-state index >= 15 is 0 Å². The van der Waals surface area contributed by atoms with Gasteiger partial charge in [0.25, 0.3) is 0 Å². The van der Waals surface area contributed by atoms with Crippen molar-refractivity contribution < 1.29 is 28.6 Å². The second kappa shape index (κ2) is 7.30. The number of aromatic amines is 1. The second-order valence-corrected chi connectivity index (χ2v) is 6.10. The molecule has 0 aromatic carbocycles. The maximum atomic E-state index is 11.5. The minimum absolute atomic E-state index is 0.173. The van der Waals surface area contributed by atoms with Gasteiger partial charge in [0, 0.05) is 20.3 Å². The number of carbonyl (C=O) groups is 3. The highest BCUT2D eigenvalue weighted by Gasteiger charge is 2.44. The Balaban J connectivity index is 1.95. The molecule has 2 aromatic heterocycles. The highest BCUT2D eigenvalue weighted by atomic mass is 32.1. The first kappa shape index (κ1) is 18.1. The molecule has 4 unspecified atom stereocenters. The number of imidazole rings is 1. The van der Waals surface area contributed by atoms with E-state index < -0.39 is 36.5 Å². The first-order chi connectivity index (χ1) is 12.4. The van der Waals surface area contributed by atoms with Gasteiger partial charge in [0.2, 0.25) is 0 Å². The lowest BCUT2D eigenvalue weighted by atomic mass is 10.1. The molecule has 3 rings (SSSR count). The van der Waals surface area contributed by atoms with Crippen LogP contribution in [0.4, 0.5) is 0 Å². The van der Waals surface area contributed by atoms with Crippen LogP contribution in [0.1, 0.15) is 26.5 Å². The Morgan fingerprint density at radius 3 is 2.85 bits per heavy atom. The summed E-state index contributed by atoms with van der Waals surface area (Å²) in [6.45, 7) is 2.47. The number of rotatable bonds is 5. The van der Waals surface area contributed by atoms with Crippen LogP contribution < -0.4 is 0 Å². The molecule has 0 saturated carbocycles. The Labute approximate surface area is 152 Å². The van der Waals surface area contributed by atoms with Crippen LogP contribution in [0.15, 0.2) is 12.7 Å². The molecule has 26 heavy (non-hydrogen) atoms. The molecular weight excluding hydrogens is 364 g/mol. The Kier molecular flexibility index (Phi) is 5.09. The number of hydrogen-bond donors (Lipinski definition) is 1. The Hall–Kier alpha value is -2.66. The third-order valence-corrected chi connectivity index (χ3v) is 4.17. The fourth-order valence-corrected chi connectivity index (χ4v) is 3.10. The van der Waals surface area contributed by atoms with Gasteiger partial charge in [-0.2, -0.15) is 0 Å². The molecule has 1 saturated heterocycles. The van der Waals surface area contributed by atoms with Gasteiger partial charge in [0.1, 0.15) is 23.4 Å². The van der Waals surface area contributed by atoms with Crippen molar-refractivity contribution in [3.63, 3.8) is 0 Å². The van der Waals surface area contributed by atoms with Crippen molar-refractivity contribution in [2.24, 2.45) is 0 Å². The zero-order valence-corrected chi connectivity index (χ0v) is 14.8. The number of hydrogen-bond acceptors (Lipinski definition) is 9. The highest BCUT2D eigenvalue weighted by Crippen LogP contribution is 2.35. The van der Waals surface area contributed by atoms with Crippen molar-refractivity contribution >= 4 is 41.6 Å². The van der Waals surface area contributed by atoms with Crippen LogP contribution in [0, 0.1) is 4.64 Å². The van der Waals surface area contributed by atoms with Gasteiger partial charge in [0.05, 0.1) is 12.7 Å². The van der Waals surface area contributed by atoms with Gasteiger partial charge in [-0.25, -0.2) is 9.97 Å². The standard InChI is InChI=1S/C15H16N4O6S/c1-7(21)23-10-3-9(11(4-20)24-8(2)22)25-15(10)19-6-18-12-13(19)16-5-17-14(12)26/h4-6,9-11,15H,3H2,1-2H3,(H,16,17,26). The summed E-state index contributed by atoms with van der Waals surface area (Å²) in [6, 6.07) is 0. The summed E-state index contributed by atoms with van der Waals surface area (Å²) in [7, 11) is 0. The summed E-state index contributed by atoms with van der Waals surface area (Å²) in [5, 5.41) is 0. The number of nitrogens with one attached hydrogen (secondary N) is 1. The van der Waals surface area contributed by atoms with E-state index in [-0.39, 0.29) is 6.42 Å². The van der Waals surface area contributed by atoms with E-state index in [0.717, 1.165) is 0 Å². The molecule has 11 heteroatoms. The van der Waals surface area contributed by atoms with E-state index in [9.17, 15) is 14.4 Å². The number of H-pyrrole nitrogens is 1. The minimum atomic E-state index is -1.11. The molecule has 0 spiro atoms. The normalized spacial score (nSPS) is 23.5. The van der Waals surface area contributed by atoms with Gasteiger partial charge >= 0.3 is 11.9 Å². The zero-order valence-electron chi connectivity index (χ0n) is 13.9. The van der Waals surface area contributed by atoms with Gasteiger partial charge in [-0.1, -0.05) is 12.2 Å². The lowest BCUT2D eigenvalue weighted by Gasteiger charge is -2.20. The molecule has 10 nitrogen and oxygen atoms in total. The van der Waals surface area contributed by atoms with E-state index in [0.29, 0.717) is 22.1 Å². The third kappa shape index (κ3) is 3.48. The quantitative estimate of drug-likeness (QED) is 0.456. The van der Waals surface area contributed by atoms with Gasteiger partial charge in [-0.05, 0) is 0 Å². The number of carbonyl (C=O) groups excluding carboxylic acids is 3. The Morgan fingerprint density at radius 1 is 1.42 bits per heavy atom. The predicted molar refractivity (Wildman–Crippen MR) is 88.4 cm³/mol. The minimum Gasteiger partial charge on any atom is -0.458 e. The summed E-state index contributed by atoms with van der Waals surface area (Å²) in [5.41, 5.74) is 0.992. The largest absolute Gasteiger partial charge is 0.458 e. The van der Waals surface area contributed by atoms with Crippen LogP contribution in [-0.4, -0.2) is 56.1 Å². The molecule has 1 N–H and O–H groups in total. The van der Waals surface area contributed by atoms with E-state index in [1.54, 1.807) is 4.57 Å². The molecule has 3 heterocycles. The van der Waals surface area contributed by atoms with Crippen molar-refractivity contribution in [1.29, 1.82) is 0 Å². The zero-order chi connectivity index (χ0) is 18.8. The van der Waals surface area contributed by atoms with Crippen molar-refractivity contribution in [3.05, 3.63) is 17.3 Å². The molecule has 0 amide bonds. The van der Waals surface area contributed by atoms with Crippen molar-refractivity contribution in [1.82, 2.24) is 19.5 Å². The van der Waals surface area contributed by atoms with Gasteiger partial charge in [-0.3, -0.25) is 19.0 Å². The topological polar surface area (TPSA) is 125 Å². The fourth-order valence-electron chi connectivity index (χ4n) is 2.89. The van der Waals surface area contributed by atoms with Crippen LogP contribution in [-0.2, 0) is 28.6 Å². The van der Waals surface area contributed by atoms with Crippen molar-refractivity contribution in [2.45, 2.75) is 44.8 Å². The molecule has 1 fully saturated rings. The summed E-state index contributed by atoms with van der Waals surface area (Å²) in [6.07, 6.45) is 0.198. The highest BCUT2D eigenvalue weighted by molar-refractivity contribution is 7.71. The summed E-state index contributed by atoms with van der Waals surface area (Å²) >= 11 is 5.14. The van der Waals surface area contributed by atoms with Crippen LogP contribution in [0.2, 0.25) is 0 Å². The van der Waals surface area contributed by atoms with E-state index in [1.807, 2.05) is 0 Å². The molecule has 0 radical (unpaired) electrons. The van der Waals surface area contributed by atoms with Crippen molar-refractivity contribution in [2.75, 3.05) is 0 Å². The third-order valence-electron chi connectivity index (χ3n) is 3.87. The van der Waals surface area contributed by atoms with Crippen LogP contribution in [0.25, 0.3) is 11.2 Å². The van der Waals surface area contributed by atoms with Crippen LogP contribution in [0.5, 0.6) is 0 Å². The molecule has 2 aromatic rings. The van der Waals surface area contributed by atoms with Crippen LogP contribution in [0.3, 0.4) is 0 Å².